The maximum Gasteiger partial charge on any atom is 2.00 e. The third kappa shape index (κ3) is 8.46. The minimum atomic E-state index is -0.196. The molecule has 9 heteroatoms. The minimum Gasteiger partial charge on any atom is -0.871 e. The molecule has 0 amide bonds. The Morgan fingerprint density at radius 3 is 0.962 bits per heavy atom. The van der Waals surface area contributed by atoms with Crippen LogP contribution in [0.4, 0.5) is 0 Å². The third-order valence-electron chi connectivity index (χ3n) is 11.7. The van der Waals surface area contributed by atoms with Crippen LogP contribution in [0.2, 0.25) is 0 Å². The quantitative estimate of drug-likeness (QED) is 0.137. The third-order valence-corrected chi connectivity index (χ3v) is 11.7. The molecule has 4 aromatic carbocycles. The Balaban J connectivity index is 0.000000232. The zero-order chi connectivity index (χ0) is 38.2. The van der Waals surface area contributed by atoms with E-state index in [4.69, 9.17) is 0 Å². The Kier molecular flexibility index (Phi) is 12.5. The molecule has 2 heterocycles. The molecular formula is C44H56N6O2Zr. The molecule has 0 fully saturated rings. The van der Waals surface area contributed by atoms with Gasteiger partial charge in [0.05, 0.1) is 11.4 Å². The molecule has 0 radical (unpaired) electrons. The normalized spacial score (nSPS) is 12.5. The molecule has 0 aliphatic heterocycles. The Bertz CT molecular complexity index is 1970. The number of aromatic nitrogens is 6. The van der Waals surface area contributed by atoms with Gasteiger partial charge in [0.1, 0.15) is 22.1 Å². The van der Waals surface area contributed by atoms with Crippen LogP contribution in [0, 0.1) is 0 Å². The van der Waals surface area contributed by atoms with Crippen molar-refractivity contribution in [2.24, 2.45) is 0 Å². The van der Waals surface area contributed by atoms with E-state index in [1.165, 1.54) is 9.59 Å². The van der Waals surface area contributed by atoms with Crippen molar-refractivity contribution in [3.8, 4) is 22.9 Å². The molecule has 0 bridgehead atoms. The van der Waals surface area contributed by atoms with Gasteiger partial charge < -0.3 is 10.2 Å². The first kappa shape index (κ1) is 41.9. The second kappa shape index (κ2) is 15.9. The molecule has 0 aliphatic rings. The molecule has 0 saturated heterocycles. The number of hydrogen-bond donors (Lipinski definition) is 0. The first-order chi connectivity index (χ1) is 24.4. The van der Waals surface area contributed by atoms with Gasteiger partial charge in [0.2, 0.25) is 0 Å². The Labute approximate surface area is 335 Å². The van der Waals surface area contributed by atoms with E-state index >= 15 is 0 Å². The van der Waals surface area contributed by atoms with Crippen LogP contribution >= 0.6 is 0 Å². The molecule has 278 valence electrons. The summed E-state index contributed by atoms with van der Waals surface area (Å²) >= 11 is 0. The van der Waals surface area contributed by atoms with Crippen LogP contribution in [-0.2, 0) is 47.9 Å². The molecule has 0 spiro atoms. The van der Waals surface area contributed by atoms with Gasteiger partial charge in [-0.1, -0.05) is 131 Å². The Hall–Kier alpha value is -3.84. The number of rotatable bonds is 10. The van der Waals surface area contributed by atoms with Crippen LogP contribution in [-0.4, -0.2) is 30.0 Å². The topological polar surface area (TPSA) is 108 Å². The van der Waals surface area contributed by atoms with E-state index in [1.54, 1.807) is 0 Å². The first-order valence-corrected chi connectivity index (χ1v) is 18.8. The molecule has 6 aromatic rings. The molecule has 0 unspecified atom stereocenters. The number of nitrogens with zero attached hydrogens (tertiary/aromatic N) is 6. The van der Waals surface area contributed by atoms with E-state index in [2.05, 4.69) is 116 Å². The summed E-state index contributed by atoms with van der Waals surface area (Å²) in [6.45, 7) is 26.0. The summed E-state index contributed by atoms with van der Waals surface area (Å²) < 4.78 is 0. The largest absolute Gasteiger partial charge is 2.00 e. The van der Waals surface area contributed by atoms with E-state index in [0.717, 1.165) is 70.0 Å². The zero-order valence-electron chi connectivity index (χ0n) is 33.8. The van der Waals surface area contributed by atoms with Gasteiger partial charge in [-0.05, 0) is 106 Å². The fourth-order valence-electron chi connectivity index (χ4n) is 6.04. The summed E-state index contributed by atoms with van der Waals surface area (Å²) in [7, 11) is 0. The second-order valence-electron chi connectivity index (χ2n) is 16.7. The van der Waals surface area contributed by atoms with Crippen molar-refractivity contribution in [1.29, 1.82) is 0 Å². The van der Waals surface area contributed by atoms with Crippen molar-refractivity contribution < 1.29 is 36.4 Å². The van der Waals surface area contributed by atoms with Crippen molar-refractivity contribution in [2.75, 3.05) is 0 Å². The molecule has 53 heavy (non-hydrogen) atoms. The molecule has 8 nitrogen and oxygen atoms in total. The predicted molar refractivity (Wildman–Crippen MR) is 210 cm³/mol. The fraction of sp³-hybridized carbons (Fsp3) is 0.455. The molecule has 6 rings (SSSR count). The molecule has 0 atom stereocenters. The van der Waals surface area contributed by atoms with Gasteiger partial charge in [-0.2, -0.15) is 9.59 Å². The smallest absolute Gasteiger partial charge is 0.871 e. The van der Waals surface area contributed by atoms with Crippen molar-refractivity contribution >= 4 is 22.1 Å². The van der Waals surface area contributed by atoms with E-state index in [9.17, 15) is 10.2 Å². The second-order valence-corrected chi connectivity index (χ2v) is 16.7. The van der Waals surface area contributed by atoms with Gasteiger partial charge >= 0.3 is 26.2 Å². The fourth-order valence-corrected chi connectivity index (χ4v) is 6.04. The van der Waals surface area contributed by atoms with E-state index in [1.807, 2.05) is 60.7 Å². The average Bonchev–Trinajstić information content (AvgIpc) is 3.76. The van der Waals surface area contributed by atoms with Gasteiger partial charge in [-0.15, -0.1) is 20.4 Å². The Morgan fingerprint density at radius 2 is 0.717 bits per heavy atom. The van der Waals surface area contributed by atoms with Crippen LogP contribution < -0.4 is 10.2 Å². The SMILES string of the molecule is CCC(C)(C)c1cc(-n2nc3ccccc3n2)c([O-])c(C(C)(C)CC)c1.CCC(C)(C)c1cc(-n2nc3ccccc3n2)c([O-])c(C(C)(C)CC)c1.[Zr+2]. The van der Waals surface area contributed by atoms with Crippen molar-refractivity contribution in [2.45, 2.75) is 130 Å². The summed E-state index contributed by atoms with van der Waals surface area (Å²) in [6.07, 6.45) is 3.77. The van der Waals surface area contributed by atoms with Crippen molar-refractivity contribution in [3.63, 3.8) is 0 Å². The van der Waals surface area contributed by atoms with Gasteiger partial charge in [-0.3, -0.25) is 0 Å². The van der Waals surface area contributed by atoms with Crippen LogP contribution in [0.1, 0.15) is 131 Å². The van der Waals surface area contributed by atoms with Crippen LogP contribution in [0.5, 0.6) is 11.5 Å². The van der Waals surface area contributed by atoms with Gasteiger partial charge in [0.25, 0.3) is 0 Å². The molecular weight excluding hydrogens is 736 g/mol. The van der Waals surface area contributed by atoms with E-state index in [0.29, 0.717) is 11.4 Å². The van der Waals surface area contributed by atoms with E-state index < -0.39 is 0 Å². The van der Waals surface area contributed by atoms with Crippen LogP contribution in [0.3, 0.4) is 0 Å². The first-order valence-electron chi connectivity index (χ1n) is 18.8. The van der Waals surface area contributed by atoms with Gasteiger partial charge in [0.15, 0.2) is 0 Å². The summed E-state index contributed by atoms with van der Waals surface area (Å²) in [5.74, 6) is 0.0422. The molecule has 0 saturated carbocycles. The van der Waals surface area contributed by atoms with Crippen LogP contribution in [0.15, 0.2) is 72.8 Å². The number of fused-ring (bicyclic) bond motifs is 2. The number of benzene rings is 4. The predicted octanol–water partition coefficient (Wildman–Crippen LogP) is 9.74. The van der Waals surface area contributed by atoms with Crippen molar-refractivity contribution in [3.05, 3.63) is 95.1 Å². The maximum absolute atomic E-state index is 13.3. The van der Waals surface area contributed by atoms with E-state index in [-0.39, 0.29) is 59.4 Å². The maximum atomic E-state index is 13.3. The zero-order valence-corrected chi connectivity index (χ0v) is 36.2. The molecule has 0 aliphatic carbocycles. The Morgan fingerprint density at radius 1 is 0.453 bits per heavy atom. The monoisotopic (exact) mass is 790 g/mol. The van der Waals surface area contributed by atoms with Gasteiger partial charge in [-0.25, -0.2) is 0 Å². The summed E-state index contributed by atoms with van der Waals surface area (Å²) in [6, 6.07) is 23.5. The van der Waals surface area contributed by atoms with Gasteiger partial charge in [0, 0.05) is 0 Å². The standard InChI is InChI=1S/2C22H29N3O.Zr/c2*1-7-21(3,4)15-13-16(22(5,6)8-2)20(26)19(14-15)25-23-17-11-9-10-12-18(17)24-25;/h2*9-14,26H,7-8H2,1-6H3;/q;;+2/p-2. The molecule has 2 aromatic heterocycles. The van der Waals surface area contributed by atoms with Crippen LogP contribution in [0.25, 0.3) is 33.4 Å². The average molecular weight is 792 g/mol. The summed E-state index contributed by atoms with van der Waals surface area (Å²) in [5.41, 5.74) is 7.83. The number of hydrogen-bond acceptors (Lipinski definition) is 6. The minimum absolute atomic E-state index is 0. The van der Waals surface area contributed by atoms with Crippen molar-refractivity contribution in [1.82, 2.24) is 30.0 Å². The molecule has 0 N–H and O–H groups in total. The summed E-state index contributed by atoms with van der Waals surface area (Å²) in [4.78, 5) is 3.02. The summed E-state index contributed by atoms with van der Waals surface area (Å²) in [5, 5.41) is 44.8.